The molecular formula is C20H18N2O2. The van der Waals surface area contributed by atoms with Crippen LogP contribution in [-0.4, -0.2) is 21.6 Å². The van der Waals surface area contributed by atoms with Crippen LogP contribution in [0.3, 0.4) is 0 Å². The number of H-pyrrole nitrogens is 1. The van der Waals surface area contributed by atoms with Crippen molar-refractivity contribution in [2.24, 2.45) is 4.99 Å². The Morgan fingerprint density at radius 1 is 0.917 bits per heavy atom. The maximum Gasteiger partial charge on any atom is 0.216 e. The van der Waals surface area contributed by atoms with Crippen molar-refractivity contribution in [3.8, 4) is 5.75 Å². The van der Waals surface area contributed by atoms with Crippen molar-refractivity contribution in [1.29, 1.82) is 0 Å². The Bertz CT molecular complexity index is 1070. The fraction of sp³-hybridized carbons (Fsp3) is 0.200. The number of carbonyl (C=O) groups excluding carboxylic acids is 1. The number of aryl methyl sites for hydroxylation is 4. The van der Waals surface area contributed by atoms with E-state index in [1.165, 1.54) is 0 Å². The molecule has 120 valence electrons. The monoisotopic (exact) mass is 318 g/mol. The fourth-order valence-corrected chi connectivity index (χ4v) is 3.44. The molecule has 4 nitrogen and oxygen atoms in total. The van der Waals surface area contributed by atoms with Crippen molar-refractivity contribution in [2.45, 2.75) is 27.7 Å². The number of rotatable bonds is 1. The molecule has 2 N–H and O–H groups in total. The molecular weight excluding hydrogens is 300 g/mol. The van der Waals surface area contributed by atoms with Gasteiger partial charge in [-0.25, -0.2) is 4.99 Å². The molecule has 2 heterocycles. The summed E-state index contributed by atoms with van der Waals surface area (Å²) in [7, 11) is 0. The SMILES string of the molecule is Cc1ccc(C)c2c1N=C(c1[nH]c3c(C)ccc(C)c3c1O)C2=O. The molecule has 0 atom stereocenters. The number of nitrogens with zero attached hydrogens (tertiary/aromatic N) is 1. The summed E-state index contributed by atoms with van der Waals surface area (Å²) in [6.45, 7) is 7.77. The van der Waals surface area contributed by atoms with Crippen LogP contribution in [0, 0.1) is 27.7 Å². The molecule has 0 saturated heterocycles. The van der Waals surface area contributed by atoms with Crippen LogP contribution in [-0.2, 0) is 0 Å². The van der Waals surface area contributed by atoms with Crippen molar-refractivity contribution in [3.63, 3.8) is 0 Å². The van der Waals surface area contributed by atoms with Gasteiger partial charge in [0.25, 0.3) is 0 Å². The molecule has 1 aliphatic rings. The van der Waals surface area contributed by atoms with E-state index in [9.17, 15) is 9.90 Å². The highest BCUT2D eigenvalue weighted by atomic mass is 16.3. The van der Waals surface area contributed by atoms with E-state index in [0.29, 0.717) is 16.9 Å². The second-order valence-electron chi connectivity index (χ2n) is 6.51. The first kappa shape index (κ1) is 14.7. The summed E-state index contributed by atoms with van der Waals surface area (Å²) in [5.74, 6) is -0.0372. The maximum atomic E-state index is 12.9. The van der Waals surface area contributed by atoms with Crippen molar-refractivity contribution in [3.05, 3.63) is 57.8 Å². The van der Waals surface area contributed by atoms with E-state index in [-0.39, 0.29) is 17.2 Å². The normalized spacial score (nSPS) is 13.5. The van der Waals surface area contributed by atoms with E-state index in [1.54, 1.807) is 0 Å². The lowest BCUT2D eigenvalue weighted by Crippen LogP contribution is -2.12. The summed E-state index contributed by atoms with van der Waals surface area (Å²) in [5.41, 5.74) is 6.74. The third kappa shape index (κ3) is 1.80. The number of ketones is 1. The zero-order valence-corrected chi connectivity index (χ0v) is 14.1. The molecule has 0 saturated carbocycles. The number of hydrogen-bond donors (Lipinski definition) is 2. The molecule has 4 rings (SSSR count). The van der Waals surface area contributed by atoms with E-state index < -0.39 is 0 Å². The van der Waals surface area contributed by atoms with Gasteiger partial charge >= 0.3 is 0 Å². The molecule has 1 aromatic heterocycles. The van der Waals surface area contributed by atoms with Crippen molar-refractivity contribution < 1.29 is 9.90 Å². The van der Waals surface area contributed by atoms with Gasteiger partial charge in [0.15, 0.2) is 5.75 Å². The van der Waals surface area contributed by atoms with Gasteiger partial charge in [-0.1, -0.05) is 24.3 Å². The van der Waals surface area contributed by atoms with Gasteiger partial charge in [0.1, 0.15) is 11.4 Å². The summed E-state index contributed by atoms with van der Waals surface area (Å²) in [6, 6.07) is 7.87. The third-order valence-electron chi connectivity index (χ3n) is 4.84. The van der Waals surface area contributed by atoms with Crippen LogP contribution in [0.5, 0.6) is 5.75 Å². The Labute approximate surface area is 139 Å². The minimum absolute atomic E-state index is 0.0985. The van der Waals surface area contributed by atoms with E-state index >= 15 is 0 Å². The zero-order valence-electron chi connectivity index (χ0n) is 14.1. The Morgan fingerprint density at radius 3 is 2.21 bits per heavy atom. The number of aliphatic imine (C=N–C) groups is 1. The first-order chi connectivity index (χ1) is 11.4. The largest absolute Gasteiger partial charge is 0.505 e. The molecule has 2 aromatic carbocycles. The fourth-order valence-electron chi connectivity index (χ4n) is 3.44. The lowest BCUT2D eigenvalue weighted by molar-refractivity contribution is 0.106. The minimum atomic E-state index is -0.136. The second kappa shape index (κ2) is 4.81. The molecule has 3 aromatic rings. The summed E-state index contributed by atoms with van der Waals surface area (Å²) >= 11 is 0. The van der Waals surface area contributed by atoms with Crippen molar-refractivity contribution in [1.82, 2.24) is 4.98 Å². The first-order valence-corrected chi connectivity index (χ1v) is 7.95. The predicted molar refractivity (Wildman–Crippen MR) is 95.9 cm³/mol. The Kier molecular flexibility index (Phi) is 2.94. The lowest BCUT2D eigenvalue weighted by atomic mass is 9.99. The smallest absolute Gasteiger partial charge is 0.216 e. The van der Waals surface area contributed by atoms with Gasteiger partial charge in [-0.15, -0.1) is 0 Å². The zero-order chi connectivity index (χ0) is 17.2. The van der Waals surface area contributed by atoms with Gasteiger partial charge in [0.2, 0.25) is 5.78 Å². The molecule has 0 bridgehead atoms. The van der Waals surface area contributed by atoms with Crippen LogP contribution in [0.2, 0.25) is 0 Å². The van der Waals surface area contributed by atoms with Gasteiger partial charge in [-0.3, -0.25) is 4.79 Å². The Balaban J connectivity index is 1.99. The highest BCUT2D eigenvalue weighted by Gasteiger charge is 2.32. The molecule has 0 fully saturated rings. The number of aromatic nitrogens is 1. The lowest BCUT2D eigenvalue weighted by Gasteiger charge is -2.03. The molecule has 0 radical (unpaired) electrons. The summed E-state index contributed by atoms with van der Waals surface area (Å²) in [4.78, 5) is 20.7. The summed E-state index contributed by atoms with van der Waals surface area (Å²) in [6.07, 6.45) is 0. The number of benzene rings is 2. The van der Waals surface area contributed by atoms with Crippen molar-refractivity contribution in [2.75, 3.05) is 0 Å². The molecule has 0 amide bonds. The highest BCUT2D eigenvalue weighted by molar-refractivity contribution is 6.55. The predicted octanol–water partition coefficient (Wildman–Crippen LogP) is 4.42. The van der Waals surface area contributed by atoms with Gasteiger partial charge < -0.3 is 10.1 Å². The third-order valence-corrected chi connectivity index (χ3v) is 4.84. The Hall–Kier alpha value is -2.88. The van der Waals surface area contributed by atoms with Crippen LogP contribution in [0.4, 0.5) is 5.69 Å². The van der Waals surface area contributed by atoms with Gasteiger partial charge in [0.05, 0.1) is 16.8 Å². The Morgan fingerprint density at radius 2 is 1.54 bits per heavy atom. The van der Waals surface area contributed by atoms with Gasteiger partial charge in [-0.05, 0) is 49.9 Å². The topological polar surface area (TPSA) is 65.4 Å². The van der Waals surface area contributed by atoms with Crippen LogP contribution in [0.15, 0.2) is 29.3 Å². The molecule has 1 aliphatic heterocycles. The average molecular weight is 318 g/mol. The van der Waals surface area contributed by atoms with Gasteiger partial charge in [-0.2, -0.15) is 0 Å². The molecule has 0 spiro atoms. The minimum Gasteiger partial charge on any atom is -0.505 e. The van der Waals surface area contributed by atoms with Crippen LogP contribution < -0.4 is 0 Å². The number of nitrogens with one attached hydrogen (secondary N) is 1. The average Bonchev–Trinajstić information content (AvgIpc) is 3.07. The standard InChI is InChI=1S/C20H18N2O2/c1-9-5-7-11(3)15-13(9)19(23)17(21-15)18-20(24)14-10(2)6-8-12(4)16(14)22-18/h5-8,21,23H,1-4H3. The van der Waals surface area contributed by atoms with Crippen LogP contribution >= 0.6 is 0 Å². The van der Waals surface area contributed by atoms with Crippen LogP contribution in [0.1, 0.15) is 38.3 Å². The number of carbonyl (C=O) groups is 1. The number of hydrogen-bond acceptors (Lipinski definition) is 3. The molecule has 24 heavy (non-hydrogen) atoms. The number of aromatic hydroxyl groups is 1. The highest BCUT2D eigenvalue weighted by Crippen LogP contribution is 2.39. The number of Topliss-reactive ketones (excluding diaryl/α,β-unsaturated/α-hetero) is 1. The summed E-state index contributed by atoms with van der Waals surface area (Å²) in [5, 5.41) is 11.5. The first-order valence-electron chi connectivity index (χ1n) is 7.95. The van der Waals surface area contributed by atoms with Crippen LogP contribution in [0.25, 0.3) is 10.9 Å². The quantitative estimate of drug-likeness (QED) is 0.697. The second-order valence-corrected chi connectivity index (χ2v) is 6.51. The number of aromatic amines is 1. The van der Waals surface area contributed by atoms with E-state index in [0.717, 1.165) is 33.2 Å². The van der Waals surface area contributed by atoms with E-state index in [2.05, 4.69) is 9.98 Å². The number of fused-ring (bicyclic) bond motifs is 2. The molecule has 0 unspecified atom stereocenters. The van der Waals surface area contributed by atoms with E-state index in [1.807, 2.05) is 52.0 Å². The van der Waals surface area contributed by atoms with E-state index in [4.69, 9.17) is 0 Å². The van der Waals surface area contributed by atoms with Gasteiger partial charge in [0, 0.05) is 5.39 Å². The summed E-state index contributed by atoms with van der Waals surface area (Å²) < 4.78 is 0. The molecule has 0 aliphatic carbocycles. The maximum absolute atomic E-state index is 12.9. The van der Waals surface area contributed by atoms with Crippen molar-refractivity contribution >= 4 is 28.1 Å². The molecule has 4 heteroatoms.